The molecule has 1 N–H and O–H groups in total. The van der Waals surface area contributed by atoms with Crippen LogP contribution in [0.3, 0.4) is 0 Å². The summed E-state index contributed by atoms with van der Waals surface area (Å²) >= 11 is 0. The van der Waals surface area contributed by atoms with Crippen LogP contribution in [-0.2, 0) is 6.42 Å². The second kappa shape index (κ2) is 3.74. The van der Waals surface area contributed by atoms with Crippen LogP contribution >= 0.6 is 0 Å². The Balaban J connectivity index is 3.02. The zero-order valence-electron chi connectivity index (χ0n) is 8.61. The minimum absolute atomic E-state index is 0.0488. The van der Waals surface area contributed by atoms with Gasteiger partial charge >= 0.3 is 5.97 Å². The molecule has 4 nitrogen and oxygen atoms in total. The van der Waals surface area contributed by atoms with Gasteiger partial charge in [0.1, 0.15) is 0 Å². The highest BCUT2D eigenvalue weighted by Crippen LogP contribution is 2.21. The molecule has 1 aromatic rings. The highest BCUT2D eigenvalue weighted by atomic mass is 16.4. The first kappa shape index (κ1) is 10.6. The standard InChI is InChI=1S/C10H14N2O2/c1-10(2,3)4-7-5-11-12-6-8(7)9(13)14/h5-6H,4H2,1-3H3,(H,13,14). The molecule has 0 aliphatic heterocycles. The number of carbonyl (C=O) groups is 1. The van der Waals surface area contributed by atoms with Crippen LogP contribution in [0.5, 0.6) is 0 Å². The Kier molecular flexibility index (Phi) is 2.84. The summed E-state index contributed by atoms with van der Waals surface area (Å²) in [6.07, 6.45) is 3.50. The zero-order valence-corrected chi connectivity index (χ0v) is 8.61. The van der Waals surface area contributed by atoms with Gasteiger partial charge in [-0.05, 0) is 17.4 Å². The zero-order chi connectivity index (χ0) is 10.8. The minimum Gasteiger partial charge on any atom is -0.478 e. The third-order valence-electron chi connectivity index (χ3n) is 1.76. The van der Waals surface area contributed by atoms with Gasteiger partial charge < -0.3 is 5.11 Å². The van der Waals surface area contributed by atoms with Gasteiger partial charge in [-0.2, -0.15) is 10.2 Å². The summed E-state index contributed by atoms with van der Waals surface area (Å²) in [6.45, 7) is 6.16. The second-order valence-electron chi connectivity index (χ2n) is 4.47. The van der Waals surface area contributed by atoms with E-state index in [1.807, 2.05) is 0 Å². The van der Waals surface area contributed by atoms with E-state index in [0.717, 1.165) is 5.56 Å². The van der Waals surface area contributed by atoms with Gasteiger partial charge in [-0.25, -0.2) is 4.79 Å². The molecule has 0 atom stereocenters. The molecule has 0 bridgehead atoms. The second-order valence-corrected chi connectivity index (χ2v) is 4.47. The molecule has 0 saturated heterocycles. The fourth-order valence-corrected chi connectivity index (χ4v) is 1.25. The summed E-state index contributed by atoms with van der Waals surface area (Å²) < 4.78 is 0. The molecule has 0 amide bonds. The molecule has 0 aliphatic carbocycles. The van der Waals surface area contributed by atoms with Gasteiger partial charge in [0.05, 0.1) is 18.0 Å². The van der Waals surface area contributed by atoms with E-state index in [2.05, 4.69) is 31.0 Å². The summed E-state index contributed by atoms with van der Waals surface area (Å²) in [5.41, 5.74) is 1.03. The highest BCUT2D eigenvalue weighted by Gasteiger charge is 2.17. The number of carboxylic acid groups (broad SMARTS) is 1. The molecule has 0 aliphatic rings. The number of carboxylic acids is 1. The first-order chi connectivity index (χ1) is 6.40. The molecular formula is C10H14N2O2. The predicted octanol–water partition coefficient (Wildman–Crippen LogP) is 1.76. The van der Waals surface area contributed by atoms with Crippen molar-refractivity contribution in [1.29, 1.82) is 0 Å². The molecule has 0 aromatic carbocycles. The summed E-state index contributed by atoms with van der Waals surface area (Å²) in [4.78, 5) is 10.8. The van der Waals surface area contributed by atoms with Crippen molar-refractivity contribution >= 4 is 5.97 Å². The maximum absolute atomic E-state index is 10.8. The summed E-state index contributed by atoms with van der Waals surface area (Å²) in [7, 11) is 0. The molecule has 76 valence electrons. The lowest BCUT2D eigenvalue weighted by Gasteiger charge is -2.18. The Labute approximate surface area is 83.0 Å². The number of aromatic nitrogens is 2. The Morgan fingerprint density at radius 1 is 1.36 bits per heavy atom. The fourth-order valence-electron chi connectivity index (χ4n) is 1.25. The predicted molar refractivity (Wildman–Crippen MR) is 52.2 cm³/mol. The lowest BCUT2D eigenvalue weighted by atomic mass is 9.87. The minimum atomic E-state index is -0.945. The van der Waals surface area contributed by atoms with E-state index in [9.17, 15) is 4.79 Å². The first-order valence-corrected chi connectivity index (χ1v) is 4.43. The Hall–Kier alpha value is -1.45. The Morgan fingerprint density at radius 3 is 2.43 bits per heavy atom. The van der Waals surface area contributed by atoms with Crippen LogP contribution in [0.2, 0.25) is 0 Å². The number of hydrogen-bond donors (Lipinski definition) is 1. The van der Waals surface area contributed by atoms with E-state index in [4.69, 9.17) is 5.11 Å². The van der Waals surface area contributed by atoms with Gasteiger partial charge in [0.15, 0.2) is 0 Å². The smallest absolute Gasteiger partial charge is 0.337 e. The van der Waals surface area contributed by atoms with Crippen molar-refractivity contribution in [2.75, 3.05) is 0 Å². The first-order valence-electron chi connectivity index (χ1n) is 4.43. The van der Waals surface area contributed by atoms with Gasteiger partial charge in [0.2, 0.25) is 0 Å². The molecule has 1 heterocycles. The summed E-state index contributed by atoms with van der Waals surface area (Å²) in [6, 6.07) is 0. The Morgan fingerprint density at radius 2 is 1.93 bits per heavy atom. The monoisotopic (exact) mass is 194 g/mol. The van der Waals surface area contributed by atoms with Crippen molar-refractivity contribution in [1.82, 2.24) is 10.2 Å². The number of aromatic carboxylic acids is 1. The van der Waals surface area contributed by atoms with E-state index in [-0.39, 0.29) is 11.0 Å². The van der Waals surface area contributed by atoms with Crippen molar-refractivity contribution in [2.24, 2.45) is 5.41 Å². The van der Waals surface area contributed by atoms with Gasteiger partial charge in [0, 0.05) is 0 Å². The van der Waals surface area contributed by atoms with E-state index in [1.54, 1.807) is 0 Å². The molecule has 0 unspecified atom stereocenters. The van der Waals surface area contributed by atoms with Crippen molar-refractivity contribution < 1.29 is 9.90 Å². The highest BCUT2D eigenvalue weighted by molar-refractivity contribution is 5.88. The Bertz CT molecular complexity index is 342. The van der Waals surface area contributed by atoms with Crippen LogP contribution in [0.25, 0.3) is 0 Å². The molecule has 1 aromatic heterocycles. The molecule has 0 radical (unpaired) electrons. The van der Waals surface area contributed by atoms with Crippen LogP contribution in [0, 0.1) is 5.41 Å². The number of rotatable bonds is 2. The molecule has 0 saturated carbocycles. The third-order valence-corrected chi connectivity index (χ3v) is 1.76. The quantitative estimate of drug-likeness (QED) is 0.779. The van der Waals surface area contributed by atoms with E-state index >= 15 is 0 Å². The normalized spacial score (nSPS) is 11.4. The maximum Gasteiger partial charge on any atom is 0.337 e. The van der Waals surface area contributed by atoms with Gasteiger partial charge in [-0.15, -0.1) is 0 Å². The van der Waals surface area contributed by atoms with E-state index in [1.165, 1.54) is 12.4 Å². The van der Waals surface area contributed by atoms with Gasteiger partial charge in [0.25, 0.3) is 0 Å². The summed E-state index contributed by atoms with van der Waals surface area (Å²) in [5.74, 6) is -0.945. The number of nitrogens with zero attached hydrogens (tertiary/aromatic N) is 2. The molecule has 0 fully saturated rings. The van der Waals surface area contributed by atoms with Crippen LogP contribution < -0.4 is 0 Å². The average Bonchev–Trinajstić information content (AvgIpc) is 2.01. The van der Waals surface area contributed by atoms with Gasteiger partial charge in [-0.3, -0.25) is 0 Å². The van der Waals surface area contributed by atoms with E-state index < -0.39 is 5.97 Å². The maximum atomic E-state index is 10.8. The molecule has 1 rings (SSSR count). The number of hydrogen-bond acceptors (Lipinski definition) is 3. The van der Waals surface area contributed by atoms with Crippen LogP contribution in [0.1, 0.15) is 36.7 Å². The van der Waals surface area contributed by atoms with Crippen molar-refractivity contribution in [3.8, 4) is 0 Å². The van der Waals surface area contributed by atoms with Crippen molar-refractivity contribution in [3.63, 3.8) is 0 Å². The fraction of sp³-hybridized carbons (Fsp3) is 0.500. The molecular weight excluding hydrogens is 180 g/mol. The van der Waals surface area contributed by atoms with Crippen LogP contribution in [0.4, 0.5) is 0 Å². The largest absolute Gasteiger partial charge is 0.478 e. The SMILES string of the molecule is CC(C)(C)Cc1cnncc1C(=O)O. The molecule has 14 heavy (non-hydrogen) atoms. The lowest BCUT2D eigenvalue weighted by molar-refractivity contribution is 0.0694. The van der Waals surface area contributed by atoms with Crippen molar-refractivity contribution in [2.45, 2.75) is 27.2 Å². The summed E-state index contributed by atoms with van der Waals surface area (Å²) in [5, 5.41) is 16.2. The molecule has 0 spiro atoms. The van der Waals surface area contributed by atoms with Crippen LogP contribution in [-0.4, -0.2) is 21.3 Å². The third kappa shape index (κ3) is 2.80. The molecule has 4 heteroatoms. The van der Waals surface area contributed by atoms with Gasteiger partial charge in [-0.1, -0.05) is 20.8 Å². The van der Waals surface area contributed by atoms with E-state index in [0.29, 0.717) is 6.42 Å². The lowest BCUT2D eigenvalue weighted by Crippen LogP contribution is -2.13. The average molecular weight is 194 g/mol. The van der Waals surface area contributed by atoms with Crippen LogP contribution in [0.15, 0.2) is 12.4 Å². The van der Waals surface area contributed by atoms with Crippen molar-refractivity contribution in [3.05, 3.63) is 23.5 Å². The topological polar surface area (TPSA) is 63.1 Å².